The molecule has 1 N–H and O–H groups in total. The molecule has 0 aromatic carbocycles. The molecule has 1 aliphatic carbocycles. The van der Waals surface area contributed by atoms with Gasteiger partial charge < -0.3 is 9.84 Å². The van der Waals surface area contributed by atoms with Crippen molar-refractivity contribution in [2.45, 2.75) is 51.8 Å². The van der Waals surface area contributed by atoms with Crippen LogP contribution in [0, 0.1) is 5.41 Å². The van der Waals surface area contributed by atoms with Crippen molar-refractivity contribution in [2.24, 2.45) is 5.41 Å². The summed E-state index contributed by atoms with van der Waals surface area (Å²) >= 11 is 0. The molecule has 0 radical (unpaired) electrons. The molecule has 4 nitrogen and oxygen atoms in total. The van der Waals surface area contributed by atoms with E-state index in [1.165, 1.54) is 0 Å². The van der Waals surface area contributed by atoms with Crippen molar-refractivity contribution < 1.29 is 14.6 Å². The Hall–Kier alpha value is -1.29. The topological polar surface area (TPSA) is 53.1 Å². The van der Waals surface area contributed by atoms with Crippen molar-refractivity contribution >= 4 is 6.09 Å². The summed E-state index contributed by atoms with van der Waals surface area (Å²) in [6.45, 7) is 8.62. The van der Waals surface area contributed by atoms with Crippen LogP contribution in [-0.4, -0.2) is 40.4 Å². The van der Waals surface area contributed by atoms with E-state index in [-0.39, 0.29) is 17.6 Å². The summed E-state index contributed by atoms with van der Waals surface area (Å²) < 4.78 is 5.51. The first-order valence-corrected chi connectivity index (χ1v) is 6.83. The molecule has 0 aromatic heterocycles. The number of nitrogens with zero attached hydrogens (tertiary/aromatic N) is 1. The Bertz CT molecular complexity index is 418. The van der Waals surface area contributed by atoms with Gasteiger partial charge >= 0.3 is 6.09 Å². The molecule has 106 valence electrons. The van der Waals surface area contributed by atoms with Gasteiger partial charge in [-0.15, -0.1) is 0 Å². The van der Waals surface area contributed by atoms with Gasteiger partial charge in [-0.05, 0) is 27.2 Å². The molecule has 0 bridgehead atoms. The van der Waals surface area contributed by atoms with Crippen LogP contribution in [0.25, 0.3) is 0 Å². The van der Waals surface area contributed by atoms with E-state index in [4.69, 9.17) is 4.74 Å². The number of epoxide rings is 1. The van der Waals surface area contributed by atoms with E-state index >= 15 is 0 Å². The van der Waals surface area contributed by atoms with Crippen LogP contribution < -0.4 is 0 Å². The zero-order chi connectivity index (χ0) is 14.3. The fourth-order valence-corrected chi connectivity index (χ4v) is 3.04. The van der Waals surface area contributed by atoms with Gasteiger partial charge in [0, 0.05) is 11.0 Å². The third-order valence-corrected chi connectivity index (χ3v) is 4.11. The Balaban J connectivity index is 2.41. The Morgan fingerprint density at radius 2 is 2.11 bits per heavy atom. The summed E-state index contributed by atoms with van der Waals surface area (Å²) in [6, 6.07) is -0.174. The van der Waals surface area contributed by atoms with Crippen LogP contribution in [-0.2, 0) is 4.74 Å². The Labute approximate surface area is 114 Å². The fraction of sp³-hybridized carbons (Fsp3) is 0.667. The smallest absolute Gasteiger partial charge is 0.408 e. The summed E-state index contributed by atoms with van der Waals surface area (Å²) in [4.78, 5) is 13.3. The molecule has 0 spiro atoms. The molecule has 1 aliphatic heterocycles. The number of carboxylic acid groups (broad SMARTS) is 1. The summed E-state index contributed by atoms with van der Waals surface area (Å²) in [5, 5.41) is 9.62. The average molecular weight is 265 g/mol. The van der Waals surface area contributed by atoms with Crippen LogP contribution in [0.2, 0.25) is 0 Å². The zero-order valence-corrected chi connectivity index (χ0v) is 12.1. The third kappa shape index (κ3) is 2.41. The van der Waals surface area contributed by atoms with Gasteiger partial charge in [0.1, 0.15) is 0 Å². The van der Waals surface area contributed by atoms with Gasteiger partial charge in [-0.1, -0.05) is 31.2 Å². The van der Waals surface area contributed by atoms with Crippen LogP contribution in [0.15, 0.2) is 24.3 Å². The average Bonchev–Trinajstić information content (AvgIpc) is 3.12. The fourth-order valence-electron chi connectivity index (χ4n) is 3.04. The highest BCUT2D eigenvalue weighted by atomic mass is 16.6. The SMILES string of the molecule is CC[C@]1([C@H]2CO2)C=CC=CC1N(C(=O)O)C(C)(C)C. The molecule has 0 aromatic rings. The van der Waals surface area contributed by atoms with Crippen LogP contribution in [0.1, 0.15) is 34.1 Å². The molecule has 3 atom stereocenters. The second-order valence-corrected chi connectivity index (χ2v) is 6.30. The van der Waals surface area contributed by atoms with E-state index in [0.29, 0.717) is 0 Å². The van der Waals surface area contributed by atoms with Crippen molar-refractivity contribution in [3.05, 3.63) is 24.3 Å². The number of rotatable bonds is 3. The molecule has 1 amide bonds. The summed E-state index contributed by atoms with van der Waals surface area (Å²) in [7, 11) is 0. The van der Waals surface area contributed by atoms with Gasteiger partial charge in [0.2, 0.25) is 0 Å². The quantitative estimate of drug-likeness (QED) is 0.798. The van der Waals surface area contributed by atoms with E-state index in [1.54, 1.807) is 4.90 Å². The van der Waals surface area contributed by atoms with Gasteiger partial charge in [-0.3, -0.25) is 4.90 Å². The monoisotopic (exact) mass is 265 g/mol. The third-order valence-electron chi connectivity index (χ3n) is 4.11. The molecule has 1 saturated heterocycles. The number of allylic oxidation sites excluding steroid dienone is 2. The van der Waals surface area contributed by atoms with Crippen molar-refractivity contribution in [1.82, 2.24) is 4.90 Å². The van der Waals surface area contributed by atoms with Crippen molar-refractivity contribution in [1.29, 1.82) is 0 Å². The molecular weight excluding hydrogens is 242 g/mol. The maximum absolute atomic E-state index is 11.7. The second-order valence-electron chi connectivity index (χ2n) is 6.30. The van der Waals surface area contributed by atoms with Crippen molar-refractivity contribution in [3.8, 4) is 0 Å². The van der Waals surface area contributed by atoms with Gasteiger partial charge in [-0.25, -0.2) is 4.79 Å². The lowest BCUT2D eigenvalue weighted by Gasteiger charge is -2.47. The van der Waals surface area contributed by atoms with Crippen molar-refractivity contribution in [2.75, 3.05) is 6.61 Å². The van der Waals surface area contributed by atoms with Gasteiger partial charge in [0.25, 0.3) is 0 Å². The summed E-state index contributed by atoms with van der Waals surface area (Å²) in [5.41, 5.74) is -0.679. The highest BCUT2D eigenvalue weighted by molar-refractivity contribution is 5.67. The minimum absolute atomic E-state index is 0.132. The normalized spacial score (nSPS) is 33.3. The first-order chi connectivity index (χ1) is 8.83. The Morgan fingerprint density at radius 3 is 2.53 bits per heavy atom. The molecule has 4 heteroatoms. The molecule has 1 unspecified atom stereocenters. The predicted octanol–water partition coefficient (Wildman–Crippen LogP) is 3.05. The van der Waals surface area contributed by atoms with E-state index in [0.717, 1.165) is 13.0 Å². The number of hydrogen-bond acceptors (Lipinski definition) is 2. The standard InChI is InChI=1S/C15H23NO3/c1-5-15(12-10-19-12)9-7-6-8-11(15)16(13(17)18)14(2,3)4/h6-9,11-12H,5,10H2,1-4H3,(H,17,18)/t11?,12-,15+/m1/s1. The Kier molecular flexibility index (Phi) is 3.47. The molecule has 0 saturated carbocycles. The first kappa shape index (κ1) is 14.1. The first-order valence-electron chi connectivity index (χ1n) is 6.83. The van der Waals surface area contributed by atoms with Crippen LogP contribution in [0.3, 0.4) is 0 Å². The van der Waals surface area contributed by atoms with Crippen LogP contribution in [0.5, 0.6) is 0 Å². The number of hydrogen-bond donors (Lipinski definition) is 1. The number of carbonyl (C=O) groups is 1. The minimum atomic E-state index is -0.879. The molecule has 2 rings (SSSR count). The maximum atomic E-state index is 11.7. The minimum Gasteiger partial charge on any atom is -0.465 e. The van der Waals surface area contributed by atoms with Gasteiger partial charge in [-0.2, -0.15) is 0 Å². The summed E-state index contributed by atoms with van der Waals surface area (Å²) in [6.07, 6.45) is 8.17. The molecular formula is C15H23NO3. The van der Waals surface area contributed by atoms with Gasteiger partial charge in [0.15, 0.2) is 0 Å². The maximum Gasteiger partial charge on any atom is 0.408 e. The molecule has 1 heterocycles. The highest BCUT2D eigenvalue weighted by Gasteiger charge is 2.53. The number of amides is 1. The van der Waals surface area contributed by atoms with Crippen LogP contribution in [0.4, 0.5) is 4.79 Å². The molecule has 1 fully saturated rings. The van der Waals surface area contributed by atoms with Crippen LogP contribution >= 0.6 is 0 Å². The van der Waals surface area contributed by atoms with E-state index in [2.05, 4.69) is 13.0 Å². The van der Waals surface area contributed by atoms with E-state index < -0.39 is 11.6 Å². The number of ether oxygens (including phenoxy) is 1. The van der Waals surface area contributed by atoms with Crippen molar-refractivity contribution in [3.63, 3.8) is 0 Å². The van der Waals surface area contributed by atoms with E-state index in [9.17, 15) is 9.90 Å². The largest absolute Gasteiger partial charge is 0.465 e. The molecule has 19 heavy (non-hydrogen) atoms. The Morgan fingerprint density at radius 1 is 1.47 bits per heavy atom. The lowest BCUT2D eigenvalue weighted by molar-refractivity contribution is 0.0345. The van der Waals surface area contributed by atoms with E-state index in [1.807, 2.05) is 39.0 Å². The second kappa shape index (κ2) is 4.67. The highest BCUT2D eigenvalue weighted by Crippen LogP contribution is 2.46. The van der Waals surface area contributed by atoms with Gasteiger partial charge in [0.05, 0.1) is 18.8 Å². The summed E-state index contributed by atoms with van der Waals surface area (Å²) in [5.74, 6) is 0. The lowest BCUT2D eigenvalue weighted by Crippen LogP contribution is -2.58. The molecule has 2 aliphatic rings. The zero-order valence-electron chi connectivity index (χ0n) is 12.1. The lowest BCUT2D eigenvalue weighted by atomic mass is 9.71. The predicted molar refractivity (Wildman–Crippen MR) is 74.1 cm³/mol.